The van der Waals surface area contributed by atoms with E-state index in [1.165, 1.54) is 0 Å². The molecule has 1 rings (SSSR count). The quantitative estimate of drug-likeness (QED) is 0.416. The molecule has 1 aliphatic heterocycles. The van der Waals surface area contributed by atoms with Gasteiger partial charge in [-0.2, -0.15) is 0 Å². The first kappa shape index (κ1) is 6.92. The molecule has 1 fully saturated rings. The van der Waals surface area contributed by atoms with Gasteiger partial charge in [0.2, 0.25) is 0 Å². The lowest BCUT2D eigenvalue weighted by atomic mass is 10.1. The molecule has 0 saturated carbocycles. The molecular weight excluding hydrogens is 125 g/mol. The van der Waals surface area contributed by atoms with Crippen molar-refractivity contribution in [2.24, 2.45) is 0 Å². The summed E-state index contributed by atoms with van der Waals surface area (Å²) in [6.07, 6.45) is -1.05. The van der Waals surface area contributed by atoms with Gasteiger partial charge < -0.3 is 15.5 Å². The maximum absolute atomic E-state index is 12.9. The topological polar surface area (TPSA) is 52.5 Å². The number of aliphatic hydroxyl groups excluding tert-OH is 2. The summed E-state index contributed by atoms with van der Waals surface area (Å²) in [5.41, 5.74) is -1.81. The molecule has 0 aromatic carbocycles. The monoisotopic (exact) mass is 135 g/mol. The molecule has 0 amide bonds. The summed E-state index contributed by atoms with van der Waals surface area (Å²) in [7, 11) is 0. The Morgan fingerprint density at radius 2 is 2.44 bits per heavy atom. The van der Waals surface area contributed by atoms with Gasteiger partial charge in [-0.1, -0.05) is 0 Å². The third kappa shape index (κ3) is 1.05. The zero-order chi connectivity index (χ0) is 6.91. The molecule has 0 radical (unpaired) electrons. The maximum atomic E-state index is 12.9. The third-order valence-electron chi connectivity index (χ3n) is 1.62. The van der Waals surface area contributed by atoms with Crippen LogP contribution in [-0.4, -0.2) is 41.7 Å². The predicted molar refractivity (Wildman–Crippen MR) is 29.8 cm³/mol. The fraction of sp³-hybridized carbons (Fsp3) is 1.00. The van der Waals surface area contributed by atoms with Gasteiger partial charge in [0, 0.05) is 13.1 Å². The van der Waals surface area contributed by atoms with Crippen LogP contribution in [0, 0.1) is 0 Å². The Labute approximate surface area is 52.5 Å². The number of hydrogen-bond donors (Lipinski definition) is 3. The van der Waals surface area contributed by atoms with E-state index in [2.05, 4.69) is 5.32 Å². The Hall–Kier alpha value is -0.190. The number of hydrogen-bond acceptors (Lipinski definition) is 3. The van der Waals surface area contributed by atoms with E-state index in [9.17, 15) is 4.39 Å². The molecule has 1 aliphatic rings. The first-order valence-electron chi connectivity index (χ1n) is 2.87. The highest BCUT2D eigenvalue weighted by atomic mass is 19.1. The molecule has 0 aromatic heterocycles. The average molecular weight is 135 g/mol. The van der Waals surface area contributed by atoms with Crippen LogP contribution in [0.25, 0.3) is 0 Å². The van der Waals surface area contributed by atoms with Crippen LogP contribution in [0.1, 0.15) is 0 Å². The second-order valence-corrected chi connectivity index (χ2v) is 2.34. The van der Waals surface area contributed by atoms with Crippen molar-refractivity contribution in [2.45, 2.75) is 11.8 Å². The second-order valence-electron chi connectivity index (χ2n) is 2.34. The molecule has 3 nitrogen and oxygen atoms in total. The maximum Gasteiger partial charge on any atom is 0.173 e. The van der Waals surface area contributed by atoms with E-state index in [4.69, 9.17) is 10.2 Å². The molecule has 1 heterocycles. The fourth-order valence-corrected chi connectivity index (χ4v) is 0.879. The molecular formula is C5H10FNO2. The van der Waals surface area contributed by atoms with E-state index in [1.54, 1.807) is 0 Å². The van der Waals surface area contributed by atoms with Crippen LogP contribution in [0.3, 0.4) is 0 Å². The number of alkyl halides is 1. The van der Waals surface area contributed by atoms with Crippen LogP contribution < -0.4 is 5.32 Å². The minimum absolute atomic E-state index is 0.0463. The Morgan fingerprint density at radius 3 is 2.67 bits per heavy atom. The summed E-state index contributed by atoms with van der Waals surface area (Å²) in [6.45, 7) is -0.330. The van der Waals surface area contributed by atoms with Crippen molar-refractivity contribution in [3.63, 3.8) is 0 Å². The second kappa shape index (κ2) is 2.21. The van der Waals surface area contributed by atoms with Gasteiger partial charge in [0.15, 0.2) is 5.67 Å². The van der Waals surface area contributed by atoms with Crippen LogP contribution in [-0.2, 0) is 0 Å². The number of halogens is 1. The van der Waals surface area contributed by atoms with Gasteiger partial charge in [0.05, 0.1) is 6.61 Å². The van der Waals surface area contributed by atoms with E-state index in [-0.39, 0.29) is 13.1 Å². The van der Waals surface area contributed by atoms with Gasteiger partial charge in [-0.25, -0.2) is 4.39 Å². The van der Waals surface area contributed by atoms with Gasteiger partial charge in [0.25, 0.3) is 0 Å². The molecule has 0 spiro atoms. The molecule has 0 aromatic rings. The first-order chi connectivity index (χ1) is 4.19. The molecule has 54 valence electrons. The van der Waals surface area contributed by atoms with Crippen molar-refractivity contribution in [3.05, 3.63) is 0 Å². The summed E-state index contributed by atoms with van der Waals surface area (Å²) >= 11 is 0. The zero-order valence-electron chi connectivity index (χ0n) is 4.97. The first-order valence-corrected chi connectivity index (χ1v) is 2.87. The van der Waals surface area contributed by atoms with Crippen LogP contribution in [0.4, 0.5) is 4.39 Å². The fourth-order valence-electron chi connectivity index (χ4n) is 0.879. The van der Waals surface area contributed by atoms with E-state index in [0.717, 1.165) is 0 Å². The number of β-amino-alcohol motifs (C(OH)–C–C–N with tert-alkyl or cyclic N) is 1. The highest BCUT2D eigenvalue weighted by Gasteiger charge is 2.41. The van der Waals surface area contributed by atoms with Crippen molar-refractivity contribution in [1.29, 1.82) is 0 Å². The van der Waals surface area contributed by atoms with E-state index in [0.29, 0.717) is 0 Å². The SMILES string of the molecule is OC[C@]1(F)CNC[C@H]1O. The summed E-state index contributed by atoms with van der Waals surface area (Å²) < 4.78 is 12.9. The molecule has 0 bridgehead atoms. The molecule has 0 unspecified atom stereocenters. The number of aliphatic hydroxyl groups is 2. The zero-order valence-corrected chi connectivity index (χ0v) is 4.97. The van der Waals surface area contributed by atoms with Crippen molar-refractivity contribution < 1.29 is 14.6 Å². The van der Waals surface area contributed by atoms with Gasteiger partial charge in [-0.15, -0.1) is 0 Å². The average Bonchev–Trinajstić information content (AvgIpc) is 2.15. The Morgan fingerprint density at radius 1 is 1.78 bits per heavy atom. The van der Waals surface area contributed by atoms with E-state index in [1.807, 2.05) is 0 Å². The summed E-state index contributed by atoms with van der Waals surface area (Å²) in [4.78, 5) is 0. The summed E-state index contributed by atoms with van der Waals surface area (Å²) in [6, 6.07) is 0. The van der Waals surface area contributed by atoms with E-state index < -0.39 is 18.4 Å². The normalized spacial score (nSPS) is 43.7. The van der Waals surface area contributed by atoms with Crippen molar-refractivity contribution >= 4 is 0 Å². The van der Waals surface area contributed by atoms with Crippen LogP contribution >= 0.6 is 0 Å². The third-order valence-corrected chi connectivity index (χ3v) is 1.62. The Balaban J connectivity index is 2.56. The van der Waals surface area contributed by atoms with Gasteiger partial charge in [0.1, 0.15) is 6.10 Å². The predicted octanol–water partition coefficient (Wildman–Crippen LogP) is -1.35. The summed E-state index contributed by atoms with van der Waals surface area (Å²) in [5, 5.41) is 19.9. The van der Waals surface area contributed by atoms with Crippen LogP contribution in [0.5, 0.6) is 0 Å². The summed E-state index contributed by atoms with van der Waals surface area (Å²) in [5.74, 6) is 0. The lowest BCUT2D eigenvalue weighted by Crippen LogP contribution is -2.40. The highest BCUT2D eigenvalue weighted by Crippen LogP contribution is 2.18. The van der Waals surface area contributed by atoms with Crippen molar-refractivity contribution in [2.75, 3.05) is 19.7 Å². The lowest BCUT2D eigenvalue weighted by molar-refractivity contribution is -0.0102. The molecule has 0 aliphatic carbocycles. The van der Waals surface area contributed by atoms with Crippen LogP contribution in [0.15, 0.2) is 0 Å². The minimum Gasteiger partial charge on any atom is -0.393 e. The lowest BCUT2D eigenvalue weighted by Gasteiger charge is -2.18. The number of rotatable bonds is 1. The number of nitrogens with one attached hydrogen (secondary N) is 1. The minimum atomic E-state index is -1.81. The largest absolute Gasteiger partial charge is 0.393 e. The van der Waals surface area contributed by atoms with Crippen molar-refractivity contribution in [1.82, 2.24) is 5.32 Å². The van der Waals surface area contributed by atoms with E-state index >= 15 is 0 Å². The molecule has 2 atom stereocenters. The van der Waals surface area contributed by atoms with Crippen molar-refractivity contribution in [3.8, 4) is 0 Å². The molecule has 3 N–H and O–H groups in total. The molecule has 9 heavy (non-hydrogen) atoms. The highest BCUT2D eigenvalue weighted by molar-refractivity contribution is 4.95. The standard InChI is InChI=1S/C5H10FNO2/c6-5(3-8)2-7-1-4(5)9/h4,7-9H,1-3H2/t4-,5-/m1/s1. The van der Waals surface area contributed by atoms with Gasteiger partial charge in [-0.05, 0) is 0 Å². The Kier molecular flexibility index (Phi) is 1.70. The van der Waals surface area contributed by atoms with Gasteiger partial charge >= 0.3 is 0 Å². The molecule has 1 saturated heterocycles. The van der Waals surface area contributed by atoms with Crippen LogP contribution in [0.2, 0.25) is 0 Å². The smallest absolute Gasteiger partial charge is 0.173 e. The Bertz CT molecular complexity index is 111. The van der Waals surface area contributed by atoms with Gasteiger partial charge in [-0.3, -0.25) is 0 Å². The molecule has 4 heteroatoms.